The van der Waals surface area contributed by atoms with E-state index in [0.29, 0.717) is 6.04 Å². The van der Waals surface area contributed by atoms with E-state index in [1.807, 2.05) is 5.12 Å². The predicted octanol–water partition coefficient (Wildman–Crippen LogP) is -1.71. The summed E-state index contributed by atoms with van der Waals surface area (Å²) in [6.07, 6.45) is 3.84. The van der Waals surface area contributed by atoms with Gasteiger partial charge in [0.1, 0.15) is 0 Å². The van der Waals surface area contributed by atoms with Crippen molar-refractivity contribution in [2.24, 2.45) is 0 Å². The Hall–Kier alpha value is -0.240. The Morgan fingerprint density at radius 2 is 1.70 bits per heavy atom. The van der Waals surface area contributed by atoms with Gasteiger partial charge in [0.05, 0.1) is 0 Å². The molecule has 2 fully saturated rings. The SMILES string of the molecule is C1CC(N2NNNNN2)C1. The molecule has 0 radical (unpaired) electrons. The molecule has 0 aromatic carbocycles. The molecule has 1 aliphatic carbocycles. The van der Waals surface area contributed by atoms with Gasteiger partial charge in [-0.25, -0.2) is 0 Å². The quantitative estimate of drug-likeness (QED) is 0.302. The first-order chi connectivity index (χ1) is 4.97. The summed E-state index contributed by atoms with van der Waals surface area (Å²) in [4.78, 5) is 0. The standard InChI is InChI=1S/C4H12N6/c1-2-4(3-1)10-8-6-5-7-9-10/h4-9H,1-3H2. The van der Waals surface area contributed by atoms with E-state index in [4.69, 9.17) is 0 Å². The summed E-state index contributed by atoms with van der Waals surface area (Å²) in [5, 5.41) is 1.92. The molecule has 0 amide bonds. The molecule has 1 heterocycles. The van der Waals surface area contributed by atoms with Gasteiger partial charge in [0.2, 0.25) is 0 Å². The lowest BCUT2D eigenvalue weighted by Gasteiger charge is -2.39. The summed E-state index contributed by atoms with van der Waals surface area (Å²) in [5.41, 5.74) is 14.0. The molecule has 6 heteroatoms. The van der Waals surface area contributed by atoms with E-state index in [2.05, 4.69) is 27.7 Å². The van der Waals surface area contributed by atoms with Crippen molar-refractivity contribution in [3.05, 3.63) is 0 Å². The molecule has 1 saturated heterocycles. The summed E-state index contributed by atoms with van der Waals surface area (Å²) in [7, 11) is 0. The third-order valence-electron chi connectivity index (χ3n) is 1.92. The number of hydrazine groups is 6. The molecule has 1 saturated carbocycles. The molecule has 10 heavy (non-hydrogen) atoms. The Labute approximate surface area is 59.2 Å². The minimum atomic E-state index is 0.613. The van der Waals surface area contributed by atoms with E-state index in [-0.39, 0.29) is 0 Å². The lowest BCUT2D eigenvalue weighted by Crippen LogP contribution is -2.75. The molecule has 5 N–H and O–H groups in total. The van der Waals surface area contributed by atoms with E-state index in [1.54, 1.807) is 0 Å². The fourth-order valence-electron chi connectivity index (χ4n) is 1.06. The van der Waals surface area contributed by atoms with Crippen molar-refractivity contribution in [1.82, 2.24) is 32.8 Å². The van der Waals surface area contributed by atoms with Crippen molar-refractivity contribution >= 4 is 0 Å². The molecule has 58 valence electrons. The van der Waals surface area contributed by atoms with Crippen molar-refractivity contribution in [2.75, 3.05) is 0 Å². The average Bonchev–Trinajstić information content (AvgIpc) is 1.86. The fraction of sp³-hybridized carbons (Fsp3) is 1.00. The molecule has 0 unspecified atom stereocenters. The van der Waals surface area contributed by atoms with Gasteiger partial charge in [-0.15, -0.1) is 5.12 Å². The van der Waals surface area contributed by atoms with Crippen LogP contribution in [0.1, 0.15) is 19.3 Å². The molecule has 0 atom stereocenters. The van der Waals surface area contributed by atoms with Crippen molar-refractivity contribution in [3.8, 4) is 0 Å². The van der Waals surface area contributed by atoms with E-state index in [1.165, 1.54) is 19.3 Å². The zero-order valence-corrected chi connectivity index (χ0v) is 5.65. The van der Waals surface area contributed by atoms with Gasteiger partial charge in [-0.05, 0) is 12.8 Å². The maximum absolute atomic E-state index is 2.92. The molecule has 0 spiro atoms. The summed E-state index contributed by atoms with van der Waals surface area (Å²) in [5.74, 6) is 0. The fourth-order valence-corrected chi connectivity index (χ4v) is 1.06. The van der Waals surface area contributed by atoms with Crippen LogP contribution >= 0.6 is 0 Å². The average molecular weight is 144 g/mol. The zero-order valence-electron chi connectivity index (χ0n) is 5.65. The Balaban J connectivity index is 1.78. The van der Waals surface area contributed by atoms with Gasteiger partial charge in [-0.3, -0.25) is 0 Å². The van der Waals surface area contributed by atoms with Crippen molar-refractivity contribution < 1.29 is 0 Å². The second kappa shape index (κ2) is 2.79. The summed E-state index contributed by atoms with van der Waals surface area (Å²) < 4.78 is 0. The monoisotopic (exact) mass is 144 g/mol. The summed E-state index contributed by atoms with van der Waals surface area (Å²) >= 11 is 0. The van der Waals surface area contributed by atoms with Crippen LogP contribution in [0.25, 0.3) is 0 Å². The highest BCUT2D eigenvalue weighted by Crippen LogP contribution is 2.21. The van der Waals surface area contributed by atoms with Gasteiger partial charge in [-0.1, -0.05) is 6.42 Å². The van der Waals surface area contributed by atoms with Crippen LogP contribution in [-0.2, 0) is 0 Å². The van der Waals surface area contributed by atoms with Crippen LogP contribution in [-0.4, -0.2) is 11.2 Å². The van der Waals surface area contributed by atoms with Crippen LogP contribution in [0.15, 0.2) is 0 Å². The first-order valence-electron chi connectivity index (χ1n) is 3.52. The lowest BCUT2D eigenvalue weighted by molar-refractivity contribution is -0.0733. The number of nitrogens with one attached hydrogen (secondary N) is 5. The summed E-state index contributed by atoms with van der Waals surface area (Å²) in [6.45, 7) is 0. The van der Waals surface area contributed by atoms with Crippen molar-refractivity contribution in [1.29, 1.82) is 0 Å². The van der Waals surface area contributed by atoms with E-state index < -0.39 is 0 Å². The van der Waals surface area contributed by atoms with Gasteiger partial charge >= 0.3 is 0 Å². The van der Waals surface area contributed by atoms with Crippen LogP contribution in [0.2, 0.25) is 0 Å². The molecule has 6 nitrogen and oxygen atoms in total. The molecule has 0 aromatic heterocycles. The molecular formula is C4H12N6. The number of hydrogen-bond donors (Lipinski definition) is 5. The highest BCUT2D eigenvalue weighted by Gasteiger charge is 2.25. The first kappa shape index (κ1) is 6.47. The smallest absolute Gasteiger partial charge is 0.0428 e. The van der Waals surface area contributed by atoms with Gasteiger partial charge in [0, 0.05) is 6.04 Å². The van der Waals surface area contributed by atoms with Gasteiger partial charge < -0.3 is 0 Å². The maximum atomic E-state index is 2.92. The predicted molar refractivity (Wildman–Crippen MR) is 35.2 cm³/mol. The lowest BCUT2D eigenvalue weighted by atomic mass is 9.94. The largest absolute Gasteiger partial charge is 0.164 e. The van der Waals surface area contributed by atoms with Crippen molar-refractivity contribution in [3.63, 3.8) is 0 Å². The minimum Gasteiger partial charge on any atom is -0.164 e. The van der Waals surface area contributed by atoms with E-state index in [9.17, 15) is 0 Å². The van der Waals surface area contributed by atoms with Crippen LogP contribution in [0, 0.1) is 0 Å². The Morgan fingerprint density at radius 1 is 1.00 bits per heavy atom. The van der Waals surface area contributed by atoms with Crippen LogP contribution < -0.4 is 27.7 Å². The molecule has 0 aromatic rings. The van der Waals surface area contributed by atoms with Gasteiger partial charge in [0.25, 0.3) is 0 Å². The zero-order chi connectivity index (χ0) is 6.81. The van der Waals surface area contributed by atoms with Crippen LogP contribution in [0.3, 0.4) is 0 Å². The maximum Gasteiger partial charge on any atom is 0.0428 e. The number of nitrogens with zero attached hydrogens (tertiary/aromatic N) is 1. The Kier molecular flexibility index (Phi) is 1.80. The highest BCUT2D eigenvalue weighted by molar-refractivity contribution is 4.75. The van der Waals surface area contributed by atoms with E-state index in [0.717, 1.165) is 0 Å². The topological polar surface area (TPSA) is 63.4 Å². The molecule has 0 bridgehead atoms. The van der Waals surface area contributed by atoms with E-state index >= 15 is 0 Å². The molecule has 2 aliphatic rings. The Bertz CT molecular complexity index is 106. The van der Waals surface area contributed by atoms with Crippen LogP contribution in [0.5, 0.6) is 0 Å². The number of rotatable bonds is 1. The minimum absolute atomic E-state index is 0.613. The number of hydrogen-bond acceptors (Lipinski definition) is 6. The second-order valence-corrected chi connectivity index (χ2v) is 2.55. The third-order valence-corrected chi connectivity index (χ3v) is 1.92. The molecule has 2 rings (SSSR count). The van der Waals surface area contributed by atoms with Crippen molar-refractivity contribution in [2.45, 2.75) is 25.3 Å². The van der Waals surface area contributed by atoms with Gasteiger partial charge in [0.15, 0.2) is 0 Å². The Morgan fingerprint density at radius 3 is 2.20 bits per heavy atom. The molecule has 1 aliphatic heterocycles. The second-order valence-electron chi connectivity index (χ2n) is 2.55. The van der Waals surface area contributed by atoms with Crippen LogP contribution in [0.4, 0.5) is 0 Å². The van der Waals surface area contributed by atoms with Gasteiger partial charge in [-0.2, -0.15) is 27.7 Å². The summed E-state index contributed by atoms with van der Waals surface area (Å²) in [6, 6.07) is 0.613. The highest BCUT2D eigenvalue weighted by atomic mass is 16.1. The normalized spacial score (nSPS) is 30.0. The molecular weight excluding hydrogens is 132 g/mol. The first-order valence-corrected chi connectivity index (χ1v) is 3.52. The third kappa shape index (κ3) is 1.12.